The summed E-state index contributed by atoms with van der Waals surface area (Å²) in [7, 11) is 0. The van der Waals surface area contributed by atoms with Crippen LogP contribution in [0.1, 0.15) is 84.0 Å². The number of hydrogen-bond donors (Lipinski definition) is 0. The molecular formula is C18H30Na2O4. The quantitative estimate of drug-likeness (QED) is 0.172. The van der Waals surface area contributed by atoms with Gasteiger partial charge < -0.3 is 19.8 Å². The zero-order valence-electron chi connectivity index (χ0n) is 15.9. The third-order valence-corrected chi connectivity index (χ3v) is 3.78. The maximum atomic E-state index is 10.7. The Morgan fingerprint density at radius 1 is 0.833 bits per heavy atom. The summed E-state index contributed by atoms with van der Waals surface area (Å²) in [6, 6.07) is 0. The van der Waals surface area contributed by atoms with Crippen LogP contribution in [0.3, 0.4) is 0 Å². The van der Waals surface area contributed by atoms with Crippen LogP contribution in [0.5, 0.6) is 0 Å². The van der Waals surface area contributed by atoms with E-state index in [9.17, 15) is 19.8 Å². The van der Waals surface area contributed by atoms with Gasteiger partial charge in [-0.1, -0.05) is 76.9 Å². The van der Waals surface area contributed by atoms with Crippen LogP contribution in [0.15, 0.2) is 12.2 Å². The summed E-state index contributed by atoms with van der Waals surface area (Å²) in [5.41, 5.74) is 0. The smallest absolute Gasteiger partial charge is 0.550 e. The van der Waals surface area contributed by atoms with Crippen molar-refractivity contribution in [3.8, 4) is 0 Å². The van der Waals surface area contributed by atoms with Gasteiger partial charge in [-0.05, 0) is 19.3 Å². The van der Waals surface area contributed by atoms with Gasteiger partial charge in [0.25, 0.3) is 0 Å². The van der Waals surface area contributed by atoms with Crippen molar-refractivity contribution in [1.29, 1.82) is 0 Å². The molecule has 0 aromatic rings. The molecule has 0 N–H and O–H groups in total. The summed E-state index contributed by atoms with van der Waals surface area (Å²) in [6.07, 6.45) is 16.0. The predicted octanol–water partition coefficient (Wildman–Crippen LogP) is -3.63. The van der Waals surface area contributed by atoms with Crippen molar-refractivity contribution in [3.05, 3.63) is 12.2 Å². The zero-order valence-corrected chi connectivity index (χ0v) is 19.9. The molecule has 0 radical (unpaired) electrons. The van der Waals surface area contributed by atoms with E-state index in [2.05, 4.69) is 6.92 Å². The molecule has 128 valence electrons. The fourth-order valence-electron chi connectivity index (χ4n) is 2.42. The number of aliphatic carboxylic acids is 2. The Morgan fingerprint density at radius 3 is 1.71 bits per heavy atom. The molecule has 24 heavy (non-hydrogen) atoms. The maximum absolute atomic E-state index is 10.7. The molecule has 0 heterocycles. The molecule has 0 aliphatic rings. The number of carboxylic acid groups (broad SMARTS) is 2. The van der Waals surface area contributed by atoms with Crippen LogP contribution in [0.2, 0.25) is 0 Å². The minimum atomic E-state index is -1.36. The largest absolute Gasteiger partial charge is 1.00 e. The zero-order chi connectivity index (χ0) is 16.6. The second-order valence-corrected chi connectivity index (χ2v) is 5.90. The van der Waals surface area contributed by atoms with Crippen LogP contribution in [0.25, 0.3) is 0 Å². The van der Waals surface area contributed by atoms with E-state index in [1.54, 1.807) is 6.08 Å². The maximum Gasteiger partial charge on any atom is 1.00 e. The Bertz CT molecular complexity index is 333. The first kappa shape index (κ1) is 29.4. The molecule has 0 saturated carbocycles. The second kappa shape index (κ2) is 21.7. The number of rotatable bonds is 15. The summed E-state index contributed by atoms with van der Waals surface area (Å²) < 4.78 is 0. The second-order valence-electron chi connectivity index (χ2n) is 5.90. The molecule has 4 nitrogen and oxygen atoms in total. The van der Waals surface area contributed by atoms with E-state index >= 15 is 0 Å². The van der Waals surface area contributed by atoms with Gasteiger partial charge in [0, 0.05) is 17.9 Å². The van der Waals surface area contributed by atoms with Gasteiger partial charge in [0.15, 0.2) is 0 Å². The van der Waals surface area contributed by atoms with Crippen LogP contribution in [0.4, 0.5) is 0 Å². The van der Waals surface area contributed by atoms with Crippen LogP contribution in [-0.4, -0.2) is 11.9 Å². The molecule has 1 unspecified atom stereocenters. The molecule has 0 aromatic carbocycles. The minimum absolute atomic E-state index is 0. The van der Waals surface area contributed by atoms with Gasteiger partial charge in [-0.2, -0.15) is 0 Å². The third-order valence-electron chi connectivity index (χ3n) is 3.78. The van der Waals surface area contributed by atoms with Crippen LogP contribution in [-0.2, 0) is 9.59 Å². The number of carbonyl (C=O) groups is 2. The fourth-order valence-corrected chi connectivity index (χ4v) is 2.42. The summed E-state index contributed by atoms with van der Waals surface area (Å²) in [6.45, 7) is 2.22. The van der Waals surface area contributed by atoms with Gasteiger partial charge in [-0.3, -0.25) is 0 Å². The molecule has 0 aliphatic heterocycles. The van der Waals surface area contributed by atoms with E-state index in [1.807, 2.05) is 0 Å². The molecule has 0 bridgehead atoms. The number of carbonyl (C=O) groups excluding carboxylic acids is 2. The topological polar surface area (TPSA) is 80.3 Å². The standard InChI is InChI=1S/C18H32O4.2Na/c1-2-3-4-5-6-7-8-9-10-11-12-13-14-16(18(21)22)15-17(19)20;;/h13-14,16H,2-12,15H2,1H3,(H,19,20)(H,21,22);;/q;2*+1/p-2. The van der Waals surface area contributed by atoms with Crippen molar-refractivity contribution in [2.24, 2.45) is 5.92 Å². The Kier molecular flexibility index (Phi) is 26.6. The van der Waals surface area contributed by atoms with Gasteiger partial charge in [0.05, 0.1) is 0 Å². The number of unbranched alkanes of at least 4 members (excludes halogenated alkanes) is 10. The van der Waals surface area contributed by atoms with Crippen molar-refractivity contribution in [2.75, 3.05) is 0 Å². The van der Waals surface area contributed by atoms with E-state index < -0.39 is 24.3 Å². The first-order valence-electron chi connectivity index (χ1n) is 8.65. The molecular weight excluding hydrogens is 326 g/mol. The number of allylic oxidation sites excluding steroid dienone is 1. The first-order chi connectivity index (χ1) is 10.6. The van der Waals surface area contributed by atoms with Crippen LogP contribution in [0, 0.1) is 5.92 Å². The van der Waals surface area contributed by atoms with Crippen molar-refractivity contribution in [2.45, 2.75) is 84.0 Å². The minimum Gasteiger partial charge on any atom is -0.550 e. The van der Waals surface area contributed by atoms with E-state index in [0.29, 0.717) is 0 Å². The predicted molar refractivity (Wildman–Crippen MR) is 83.7 cm³/mol. The van der Waals surface area contributed by atoms with Gasteiger partial charge in [-0.15, -0.1) is 0 Å². The third kappa shape index (κ3) is 20.7. The normalized spacial score (nSPS) is 11.5. The summed E-state index contributed by atoms with van der Waals surface area (Å²) in [5, 5.41) is 21.1. The Balaban J connectivity index is -0.00000220. The molecule has 1 atom stereocenters. The van der Waals surface area contributed by atoms with Gasteiger partial charge >= 0.3 is 59.1 Å². The summed E-state index contributed by atoms with van der Waals surface area (Å²) >= 11 is 0. The molecule has 0 rings (SSSR count). The number of hydrogen-bond acceptors (Lipinski definition) is 4. The van der Waals surface area contributed by atoms with Crippen molar-refractivity contribution in [1.82, 2.24) is 0 Å². The average molecular weight is 356 g/mol. The van der Waals surface area contributed by atoms with E-state index in [4.69, 9.17) is 0 Å². The van der Waals surface area contributed by atoms with E-state index in [1.165, 1.54) is 57.4 Å². The Morgan fingerprint density at radius 2 is 1.29 bits per heavy atom. The molecule has 0 saturated heterocycles. The SMILES string of the molecule is CCCCCCCCCCCCC=CC(CC(=O)[O-])C(=O)[O-].[Na+].[Na+]. The molecule has 0 amide bonds. The van der Waals surface area contributed by atoms with E-state index in [-0.39, 0.29) is 59.1 Å². The van der Waals surface area contributed by atoms with Crippen molar-refractivity contribution < 1.29 is 78.9 Å². The molecule has 0 aliphatic carbocycles. The van der Waals surface area contributed by atoms with Crippen LogP contribution >= 0.6 is 0 Å². The molecule has 0 aromatic heterocycles. The van der Waals surface area contributed by atoms with Crippen molar-refractivity contribution in [3.63, 3.8) is 0 Å². The molecule has 6 heteroatoms. The van der Waals surface area contributed by atoms with Gasteiger partial charge in [0.2, 0.25) is 0 Å². The number of carboxylic acids is 2. The van der Waals surface area contributed by atoms with Crippen LogP contribution < -0.4 is 69.3 Å². The van der Waals surface area contributed by atoms with Gasteiger partial charge in [0.1, 0.15) is 0 Å². The average Bonchev–Trinajstić information content (AvgIpc) is 2.46. The summed E-state index contributed by atoms with van der Waals surface area (Å²) in [4.78, 5) is 21.1. The summed E-state index contributed by atoms with van der Waals surface area (Å²) in [5.74, 6) is -3.80. The molecule has 0 fully saturated rings. The fraction of sp³-hybridized carbons (Fsp3) is 0.778. The van der Waals surface area contributed by atoms with Crippen molar-refractivity contribution >= 4 is 11.9 Å². The Labute approximate surface area is 191 Å². The molecule has 0 spiro atoms. The van der Waals surface area contributed by atoms with Gasteiger partial charge in [-0.25, -0.2) is 0 Å². The van der Waals surface area contributed by atoms with E-state index in [0.717, 1.165) is 19.3 Å². The Hall–Kier alpha value is 0.680. The first-order valence-corrected chi connectivity index (χ1v) is 8.65. The monoisotopic (exact) mass is 356 g/mol.